The molecule has 0 aliphatic carbocycles. The highest BCUT2D eigenvalue weighted by molar-refractivity contribution is 9.10. The van der Waals surface area contributed by atoms with Crippen LogP contribution in [0.4, 0.5) is 0 Å². The summed E-state index contributed by atoms with van der Waals surface area (Å²) in [6, 6.07) is 6.46. The Morgan fingerprint density at radius 1 is 1.24 bits per heavy atom. The molecule has 120 valence electrons. The summed E-state index contributed by atoms with van der Waals surface area (Å²) < 4.78 is 12.6. The number of halogens is 1. The van der Waals surface area contributed by atoms with E-state index in [4.69, 9.17) is 9.47 Å². The van der Waals surface area contributed by atoms with Crippen molar-refractivity contribution in [3.8, 4) is 5.75 Å². The van der Waals surface area contributed by atoms with Crippen molar-refractivity contribution in [3.63, 3.8) is 0 Å². The van der Waals surface area contributed by atoms with Gasteiger partial charge in [-0.3, -0.25) is 0 Å². The van der Waals surface area contributed by atoms with Crippen LogP contribution in [0.5, 0.6) is 5.75 Å². The van der Waals surface area contributed by atoms with Crippen molar-refractivity contribution in [1.82, 2.24) is 5.32 Å². The highest BCUT2D eigenvalue weighted by Crippen LogP contribution is 2.28. The number of benzene rings is 1. The van der Waals surface area contributed by atoms with Crippen molar-refractivity contribution in [2.75, 3.05) is 19.8 Å². The SMILES string of the molecule is CCCNC(C)c1ccc(Br)cc1OCCOC(C)(C)C. The summed E-state index contributed by atoms with van der Waals surface area (Å²) in [6.07, 6.45) is 1.12. The van der Waals surface area contributed by atoms with Crippen molar-refractivity contribution in [1.29, 1.82) is 0 Å². The summed E-state index contributed by atoms with van der Waals surface area (Å²) in [7, 11) is 0. The fraction of sp³-hybridized carbons (Fsp3) is 0.647. The van der Waals surface area contributed by atoms with Gasteiger partial charge in [-0.1, -0.05) is 28.9 Å². The van der Waals surface area contributed by atoms with Gasteiger partial charge in [-0.25, -0.2) is 0 Å². The van der Waals surface area contributed by atoms with Gasteiger partial charge in [0.1, 0.15) is 12.4 Å². The monoisotopic (exact) mass is 357 g/mol. The van der Waals surface area contributed by atoms with Crippen molar-refractivity contribution < 1.29 is 9.47 Å². The maximum absolute atomic E-state index is 5.92. The predicted molar refractivity (Wildman–Crippen MR) is 92.1 cm³/mol. The minimum atomic E-state index is -0.126. The second-order valence-electron chi connectivity index (χ2n) is 6.17. The number of nitrogens with one attached hydrogen (secondary N) is 1. The van der Waals surface area contributed by atoms with Gasteiger partial charge in [-0.2, -0.15) is 0 Å². The van der Waals surface area contributed by atoms with Gasteiger partial charge in [0.05, 0.1) is 12.2 Å². The molecule has 1 rings (SSSR count). The molecule has 0 aromatic heterocycles. The zero-order valence-electron chi connectivity index (χ0n) is 13.8. The molecule has 0 radical (unpaired) electrons. The van der Waals surface area contributed by atoms with E-state index < -0.39 is 0 Å². The van der Waals surface area contributed by atoms with Crippen LogP contribution in [0.15, 0.2) is 22.7 Å². The lowest BCUT2D eigenvalue weighted by Gasteiger charge is -2.21. The van der Waals surface area contributed by atoms with Crippen molar-refractivity contribution in [2.45, 2.75) is 52.7 Å². The molecule has 21 heavy (non-hydrogen) atoms. The zero-order chi connectivity index (χ0) is 15.9. The largest absolute Gasteiger partial charge is 0.491 e. The van der Waals surface area contributed by atoms with Gasteiger partial charge < -0.3 is 14.8 Å². The average Bonchev–Trinajstić information content (AvgIpc) is 2.40. The van der Waals surface area contributed by atoms with Crippen LogP contribution >= 0.6 is 15.9 Å². The van der Waals surface area contributed by atoms with Crippen molar-refractivity contribution in [3.05, 3.63) is 28.2 Å². The van der Waals surface area contributed by atoms with Crippen LogP contribution in [0.3, 0.4) is 0 Å². The molecule has 0 heterocycles. The lowest BCUT2D eigenvalue weighted by Crippen LogP contribution is -2.23. The molecule has 0 aliphatic rings. The van der Waals surface area contributed by atoms with Gasteiger partial charge in [-0.05, 0) is 52.8 Å². The average molecular weight is 358 g/mol. The smallest absolute Gasteiger partial charge is 0.125 e. The Balaban J connectivity index is 2.64. The van der Waals surface area contributed by atoms with E-state index in [1.165, 1.54) is 5.56 Å². The highest BCUT2D eigenvalue weighted by Gasteiger charge is 2.13. The van der Waals surface area contributed by atoms with Gasteiger partial charge in [-0.15, -0.1) is 0 Å². The second kappa shape index (κ2) is 8.76. The van der Waals surface area contributed by atoms with Crippen LogP contribution in [0.25, 0.3) is 0 Å². The fourth-order valence-corrected chi connectivity index (χ4v) is 2.30. The van der Waals surface area contributed by atoms with Gasteiger partial charge in [0.25, 0.3) is 0 Å². The first kappa shape index (κ1) is 18.5. The van der Waals surface area contributed by atoms with E-state index in [-0.39, 0.29) is 11.6 Å². The minimum Gasteiger partial charge on any atom is -0.491 e. The molecule has 4 heteroatoms. The molecule has 3 nitrogen and oxygen atoms in total. The molecule has 1 aromatic carbocycles. The van der Waals surface area contributed by atoms with E-state index in [0.717, 1.165) is 23.2 Å². The lowest BCUT2D eigenvalue weighted by atomic mass is 10.1. The standard InChI is InChI=1S/C17H28BrNO2/c1-6-9-19-13(2)15-8-7-14(18)12-16(15)20-10-11-21-17(3,4)5/h7-8,12-13,19H,6,9-11H2,1-5H3. The van der Waals surface area contributed by atoms with Gasteiger partial charge in [0.15, 0.2) is 0 Å². The Morgan fingerprint density at radius 3 is 2.57 bits per heavy atom. The summed E-state index contributed by atoms with van der Waals surface area (Å²) in [4.78, 5) is 0. The molecule has 0 spiro atoms. The quantitative estimate of drug-likeness (QED) is 0.683. The van der Waals surface area contributed by atoms with Gasteiger partial charge in [0, 0.05) is 16.1 Å². The normalized spacial score (nSPS) is 13.2. The zero-order valence-corrected chi connectivity index (χ0v) is 15.4. The van der Waals surface area contributed by atoms with Crippen molar-refractivity contribution >= 4 is 15.9 Å². The highest BCUT2D eigenvalue weighted by atomic mass is 79.9. The lowest BCUT2D eigenvalue weighted by molar-refractivity contribution is -0.0164. The maximum atomic E-state index is 5.92. The first-order valence-corrected chi connectivity index (χ1v) is 8.42. The number of hydrogen-bond donors (Lipinski definition) is 1. The summed E-state index contributed by atoms with van der Waals surface area (Å²) >= 11 is 3.51. The summed E-state index contributed by atoms with van der Waals surface area (Å²) in [5.41, 5.74) is 1.06. The Kier molecular flexibility index (Phi) is 7.71. The third-order valence-electron chi connectivity index (χ3n) is 3.02. The van der Waals surface area contributed by atoms with Crippen LogP contribution in [0.2, 0.25) is 0 Å². The molecule has 1 N–H and O–H groups in total. The van der Waals surface area contributed by atoms with E-state index in [2.05, 4.69) is 47.2 Å². The van der Waals surface area contributed by atoms with E-state index >= 15 is 0 Å². The number of rotatable bonds is 8. The molecule has 1 aromatic rings. The second-order valence-corrected chi connectivity index (χ2v) is 7.08. The van der Waals surface area contributed by atoms with Gasteiger partial charge >= 0.3 is 0 Å². The van der Waals surface area contributed by atoms with Crippen LogP contribution < -0.4 is 10.1 Å². The maximum Gasteiger partial charge on any atom is 0.125 e. The van der Waals surface area contributed by atoms with E-state index in [1.807, 2.05) is 26.8 Å². The fourth-order valence-electron chi connectivity index (χ4n) is 1.96. The first-order valence-electron chi connectivity index (χ1n) is 7.63. The third kappa shape index (κ3) is 7.30. The number of hydrogen-bond acceptors (Lipinski definition) is 3. The van der Waals surface area contributed by atoms with Crippen LogP contribution in [0, 0.1) is 0 Å². The third-order valence-corrected chi connectivity index (χ3v) is 3.51. The minimum absolute atomic E-state index is 0.126. The topological polar surface area (TPSA) is 30.5 Å². The number of ether oxygens (including phenoxy) is 2. The molecule has 0 amide bonds. The summed E-state index contributed by atoms with van der Waals surface area (Å²) in [6.45, 7) is 12.6. The van der Waals surface area contributed by atoms with E-state index in [9.17, 15) is 0 Å². The molecule has 0 fully saturated rings. The molecule has 0 saturated heterocycles. The first-order chi connectivity index (χ1) is 9.83. The molecule has 0 bridgehead atoms. The van der Waals surface area contributed by atoms with Crippen molar-refractivity contribution in [2.24, 2.45) is 0 Å². The van der Waals surface area contributed by atoms with Crippen LogP contribution in [-0.4, -0.2) is 25.4 Å². The molecule has 0 saturated carbocycles. The molecule has 1 atom stereocenters. The van der Waals surface area contributed by atoms with Crippen LogP contribution in [0.1, 0.15) is 52.6 Å². The summed E-state index contributed by atoms with van der Waals surface area (Å²) in [5.74, 6) is 0.915. The van der Waals surface area contributed by atoms with Crippen LogP contribution in [-0.2, 0) is 4.74 Å². The van der Waals surface area contributed by atoms with Gasteiger partial charge in [0.2, 0.25) is 0 Å². The Bertz CT molecular complexity index is 429. The molecule has 0 aliphatic heterocycles. The van der Waals surface area contributed by atoms with E-state index in [0.29, 0.717) is 13.2 Å². The molecular formula is C17H28BrNO2. The molecule has 1 unspecified atom stereocenters. The Hall–Kier alpha value is -0.580. The molecular weight excluding hydrogens is 330 g/mol. The Morgan fingerprint density at radius 2 is 1.95 bits per heavy atom. The predicted octanol–water partition coefficient (Wildman–Crippen LogP) is 4.70. The van der Waals surface area contributed by atoms with E-state index in [1.54, 1.807) is 0 Å². The summed E-state index contributed by atoms with van der Waals surface area (Å²) in [5, 5.41) is 3.50. The Labute approximate surface area is 137 Å².